The fourth-order valence-corrected chi connectivity index (χ4v) is 5.10. The molecule has 3 aromatic carbocycles. The van der Waals surface area contributed by atoms with Crippen LogP contribution in [-0.2, 0) is 22.9 Å². The number of sulfonamides is 1. The molecule has 0 saturated carbocycles. The third-order valence-electron chi connectivity index (χ3n) is 5.28. The number of nitrogens with one attached hydrogen (secondary N) is 1. The Bertz CT molecular complexity index is 1140. The molecule has 0 aliphatic rings. The standard InChI is InChI=1S/C25H25ClN2O2S/c1-19(28-31(29,30)15-14-20-6-3-2-4-7-20)25(17-21-10-12-24(26)13-11-21)23-9-5-8-22(16-23)18-27/h2-13,16,19,25,28H,14-15,17H2,1H3/t19-,25+/m0/s1. The molecule has 0 unspecified atom stereocenters. The van der Waals surface area contributed by atoms with Gasteiger partial charge in [-0.1, -0.05) is 66.2 Å². The molecule has 1 N–H and O–H groups in total. The van der Waals surface area contributed by atoms with Crippen molar-refractivity contribution in [1.29, 1.82) is 5.26 Å². The minimum atomic E-state index is -3.48. The van der Waals surface area contributed by atoms with Gasteiger partial charge >= 0.3 is 0 Å². The third kappa shape index (κ3) is 6.93. The summed E-state index contributed by atoms with van der Waals surface area (Å²) in [5, 5.41) is 9.95. The zero-order chi connectivity index (χ0) is 22.3. The maximum atomic E-state index is 12.8. The molecule has 160 valence electrons. The van der Waals surface area contributed by atoms with Crippen LogP contribution in [0.4, 0.5) is 0 Å². The average Bonchev–Trinajstić information content (AvgIpc) is 2.77. The van der Waals surface area contributed by atoms with Crippen LogP contribution >= 0.6 is 11.6 Å². The SMILES string of the molecule is C[C@H](NS(=O)(=O)CCc1ccccc1)[C@@H](Cc1ccc(Cl)cc1)c1cccc(C#N)c1. The van der Waals surface area contributed by atoms with Gasteiger partial charge in [0.1, 0.15) is 0 Å². The summed E-state index contributed by atoms with van der Waals surface area (Å²) in [6.07, 6.45) is 1.07. The van der Waals surface area contributed by atoms with Crippen LogP contribution in [0.5, 0.6) is 0 Å². The summed E-state index contributed by atoms with van der Waals surface area (Å²) in [7, 11) is -3.48. The first kappa shape index (κ1) is 23.0. The maximum absolute atomic E-state index is 12.8. The zero-order valence-electron chi connectivity index (χ0n) is 17.3. The average molecular weight is 453 g/mol. The summed E-state index contributed by atoms with van der Waals surface area (Å²) in [6, 6.07) is 26.3. The van der Waals surface area contributed by atoms with E-state index in [-0.39, 0.29) is 17.7 Å². The second-order valence-electron chi connectivity index (χ2n) is 7.64. The predicted molar refractivity (Wildman–Crippen MR) is 126 cm³/mol. The number of halogens is 1. The van der Waals surface area contributed by atoms with Crippen LogP contribution in [-0.4, -0.2) is 20.2 Å². The van der Waals surface area contributed by atoms with Gasteiger partial charge in [0.15, 0.2) is 0 Å². The Morgan fingerprint density at radius 3 is 2.35 bits per heavy atom. The van der Waals surface area contributed by atoms with E-state index >= 15 is 0 Å². The van der Waals surface area contributed by atoms with E-state index in [1.54, 1.807) is 6.07 Å². The van der Waals surface area contributed by atoms with Crippen molar-refractivity contribution >= 4 is 21.6 Å². The number of hydrogen-bond donors (Lipinski definition) is 1. The Morgan fingerprint density at radius 1 is 0.968 bits per heavy atom. The highest BCUT2D eigenvalue weighted by Gasteiger charge is 2.24. The van der Waals surface area contributed by atoms with Crippen molar-refractivity contribution in [3.8, 4) is 6.07 Å². The van der Waals surface area contributed by atoms with Gasteiger partial charge in [-0.05, 0) is 60.7 Å². The van der Waals surface area contributed by atoms with Gasteiger partial charge in [-0.15, -0.1) is 0 Å². The summed E-state index contributed by atoms with van der Waals surface area (Å²) >= 11 is 6.01. The molecule has 0 spiro atoms. The summed E-state index contributed by atoms with van der Waals surface area (Å²) in [6.45, 7) is 1.87. The van der Waals surface area contributed by atoms with E-state index in [1.807, 2.05) is 79.7 Å². The lowest BCUT2D eigenvalue weighted by atomic mass is 9.86. The van der Waals surface area contributed by atoms with Crippen molar-refractivity contribution in [2.75, 3.05) is 5.75 Å². The van der Waals surface area contributed by atoms with Gasteiger partial charge in [-0.25, -0.2) is 13.1 Å². The number of hydrogen-bond acceptors (Lipinski definition) is 3. The molecule has 0 fully saturated rings. The second kappa shape index (κ2) is 10.6. The molecule has 6 heteroatoms. The van der Waals surface area contributed by atoms with E-state index in [9.17, 15) is 13.7 Å². The summed E-state index contributed by atoms with van der Waals surface area (Å²) in [4.78, 5) is 0. The van der Waals surface area contributed by atoms with Crippen LogP contribution in [0.2, 0.25) is 5.02 Å². The lowest BCUT2D eigenvalue weighted by molar-refractivity contribution is 0.503. The Morgan fingerprint density at radius 2 is 1.68 bits per heavy atom. The number of nitriles is 1. The van der Waals surface area contributed by atoms with E-state index in [2.05, 4.69) is 10.8 Å². The molecule has 31 heavy (non-hydrogen) atoms. The first-order valence-electron chi connectivity index (χ1n) is 10.1. The van der Waals surface area contributed by atoms with Crippen LogP contribution in [0.25, 0.3) is 0 Å². The molecule has 0 aliphatic carbocycles. The Labute approximate surface area is 189 Å². The van der Waals surface area contributed by atoms with E-state index in [0.29, 0.717) is 23.4 Å². The normalized spacial score (nSPS) is 13.3. The quantitative estimate of drug-likeness (QED) is 0.491. The van der Waals surface area contributed by atoms with E-state index < -0.39 is 10.0 Å². The minimum absolute atomic E-state index is 0.0211. The monoisotopic (exact) mass is 452 g/mol. The Balaban J connectivity index is 1.79. The van der Waals surface area contributed by atoms with Crippen molar-refractivity contribution in [3.63, 3.8) is 0 Å². The Hall–Kier alpha value is -2.65. The molecule has 0 radical (unpaired) electrons. The molecule has 0 aromatic heterocycles. The van der Waals surface area contributed by atoms with Gasteiger partial charge < -0.3 is 0 Å². The molecule has 3 rings (SSSR count). The van der Waals surface area contributed by atoms with E-state index in [0.717, 1.165) is 16.7 Å². The van der Waals surface area contributed by atoms with E-state index in [1.165, 1.54) is 0 Å². The minimum Gasteiger partial charge on any atom is -0.212 e. The van der Waals surface area contributed by atoms with E-state index in [4.69, 9.17) is 11.6 Å². The number of benzene rings is 3. The van der Waals surface area contributed by atoms with Gasteiger partial charge in [0.05, 0.1) is 17.4 Å². The molecular weight excluding hydrogens is 428 g/mol. The summed E-state index contributed by atoms with van der Waals surface area (Å²) in [5.74, 6) is -0.117. The van der Waals surface area contributed by atoms with Crippen molar-refractivity contribution in [2.24, 2.45) is 0 Å². The van der Waals surface area contributed by atoms with Gasteiger partial charge in [0, 0.05) is 17.0 Å². The van der Waals surface area contributed by atoms with Gasteiger partial charge in [-0.3, -0.25) is 0 Å². The number of aryl methyl sites for hydroxylation is 1. The highest BCUT2D eigenvalue weighted by atomic mass is 35.5. The molecule has 0 saturated heterocycles. The van der Waals surface area contributed by atoms with Crippen LogP contribution < -0.4 is 4.72 Å². The Kier molecular flexibility index (Phi) is 7.86. The highest BCUT2D eigenvalue weighted by Crippen LogP contribution is 2.27. The molecule has 0 aliphatic heterocycles. The first-order chi connectivity index (χ1) is 14.9. The summed E-state index contributed by atoms with van der Waals surface area (Å²) in [5.41, 5.74) is 3.51. The van der Waals surface area contributed by atoms with Crippen LogP contribution in [0.1, 0.15) is 35.1 Å². The van der Waals surface area contributed by atoms with Gasteiger partial charge in [-0.2, -0.15) is 5.26 Å². The van der Waals surface area contributed by atoms with Crippen molar-refractivity contribution in [3.05, 3.63) is 106 Å². The van der Waals surface area contributed by atoms with Crippen LogP contribution in [0.15, 0.2) is 78.9 Å². The smallest absolute Gasteiger partial charge is 0.212 e. The lowest BCUT2D eigenvalue weighted by Crippen LogP contribution is -2.39. The third-order valence-corrected chi connectivity index (χ3v) is 7.01. The van der Waals surface area contributed by atoms with Crippen molar-refractivity contribution < 1.29 is 8.42 Å². The fourth-order valence-electron chi connectivity index (χ4n) is 3.62. The number of rotatable bonds is 9. The van der Waals surface area contributed by atoms with Crippen LogP contribution in [0, 0.1) is 11.3 Å². The van der Waals surface area contributed by atoms with Crippen molar-refractivity contribution in [1.82, 2.24) is 4.72 Å². The largest absolute Gasteiger partial charge is 0.212 e. The molecule has 2 atom stereocenters. The molecule has 0 heterocycles. The second-order valence-corrected chi connectivity index (χ2v) is 9.95. The predicted octanol–water partition coefficient (Wildman–Crippen LogP) is 5.09. The van der Waals surface area contributed by atoms with Crippen LogP contribution in [0.3, 0.4) is 0 Å². The fraction of sp³-hybridized carbons (Fsp3) is 0.240. The molecule has 0 bridgehead atoms. The molecule has 0 amide bonds. The number of nitrogens with zero attached hydrogens (tertiary/aromatic N) is 1. The molecular formula is C25H25ClN2O2S. The lowest BCUT2D eigenvalue weighted by Gasteiger charge is -2.26. The van der Waals surface area contributed by atoms with Crippen molar-refractivity contribution in [2.45, 2.75) is 31.7 Å². The topological polar surface area (TPSA) is 70.0 Å². The first-order valence-corrected chi connectivity index (χ1v) is 12.2. The maximum Gasteiger partial charge on any atom is 0.212 e. The summed E-state index contributed by atoms with van der Waals surface area (Å²) < 4.78 is 28.4. The molecule has 3 aromatic rings. The highest BCUT2D eigenvalue weighted by molar-refractivity contribution is 7.89. The molecule has 4 nitrogen and oxygen atoms in total. The zero-order valence-corrected chi connectivity index (χ0v) is 18.9. The van der Waals surface area contributed by atoms with Gasteiger partial charge in [0.25, 0.3) is 0 Å². The van der Waals surface area contributed by atoms with Gasteiger partial charge in [0.2, 0.25) is 10.0 Å².